The number of aromatic nitrogens is 1. The van der Waals surface area contributed by atoms with Gasteiger partial charge in [0.25, 0.3) is 11.8 Å². The van der Waals surface area contributed by atoms with Crippen molar-refractivity contribution in [1.29, 1.82) is 5.26 Å². The molecule has 2 aliphatic heterocycles. The third-order valence-corrected chi connectivity index (χ3v) is 7.32. The van der Waals surface area contributed by atoms with E-state index in [1.54, 1.807) is 37.3 Å². The maximum atomic E-state index is 14.1. The van der Waals surface area contributed by atoms with Gasteiger partial charge in [0.15, 0.2) is 17.2 Å². The fraction of sp³-hybridized carbons (Fsp3) is 0.276. The lowest BCUT2D eigenvalue weighted by molar-refractivity contribution is -0.122. The van der Waals surface area contributed by atoms with E-state index >= 15 is 0 Å². The molecule has 1 saturated heterocycles. The van der Waals surface area contributed by atoms with Crippen LogP contribution < -0.4 is 15.5 Å². The van der Waals surface area contributed by atoms with Crippen LogP contribution in [-0.4, -0.2) is 39.7 Å². The van der Waals surface area contributed by atoms with Crippen molar-refractivity contribution < 1.29 is 27.9 Å². The van der Waals surface area contributed by atoms with Crippen LogP contribution in [0, 0.1) is 28.9 Å². The summed E-state index contributed by atoms with van der Waals surface area (Å²) in [5.74, 6) is -4.62. The second-order valence-electron chi connectivity index (χ2n) is 9.77. The average Bonchev–Trinajstić information content (AvgIpc) is 3.05. The van der Waals surface area contributed by atoms with E-state index < -0.39 is 58.2 Å². The van der Waals surface area contributed by atoms with Gasteiger partial charge in [-0.2, -0.15) is 5.26 Å². The molecule has 3 aromatic rings. The monoisotopic (exact) mass is 546 g/mol. The van der Waals surface area contributed by atoms with Crippen LogP contribution in [0.5, 0.6) is 5.75 Å². The quantitative estimate of drug-likeness (QED) is 0.507. The first kappa shape index (κ1) is 26.7. The molecule has 1 unspecified atom stereocenters. The molecule has 1 fully saturated rings. The number of pyridine rings is 1. The Balaban J connectivity index is 1.58. The standard InChI is InChI=1S/C29H24F2N4O5/c1-16-19(11-32)9-24(36)23-14-34(16)29(39)25-27(40-15-17-5-3-2-4-6-17)26(37)21(13-35(23)25)28(38)33-12-18-7-8-20(30)10-22(18)31/h2-8,10,13,16,19,23H,9,12,14-15H2,1H3,(H,33,38)/t16-,19+,23?/m0/s1. The number of nitrogens with zero attached hydrogens (tertiary/aromatic N) is 3. The molecule has 0 aliphatic carbocycles. The summed E-state index contributed by atoms with van der Waals surface area (Å²) >= 11 is 0. The first-order valence-corrected chi connectivity index (χ1v) is 12.6. The number of nitriles is 1. The fourth-order valence-electron chi connectivity index (χ4n) is 5.02. The number of benzene rings is 2. The van der Waals surface area contributed by atoms with Crippen molar-refractivity contribution >= 4 is 17.6 Å². The number of halogens is 2. The molecular weight excluding hydrogens is 522 g/mol. The lowest BCUT2D eigenvalue weighted by Crippen LogP contribution is -2.50. The maximum Gasteiger partial charge on any atom is 0.274 e. The topological polar surface area (TPSA) is 122 Å². The molecule has 9 nitrogen and oxygen atoms in total. The first-order chi connectivity index (χ1) is 19.2. The molecule has 3 atom stereocenters. The molecule has 0 radical (unpaired) electrons. The highest BCUT2D eigenvalue weighted by Crippen LogP contribution is 2.35. The Bertz CT molecular complexity index is 1620. The molecule has 5 rings (SSSR count). The summed E-state index contributed by atoms with van der Waals surface area (Å²) in [6, 6.07) is 12.3. The highest BCUT2D eigenvalue weighted by molar-refractivity contribution is 6.01. The lowest BCUT2D eigenvalue weighted by atomic mass is 9.96. The number of fused-ring (bicyclic) bond motifs is 4. The Hall–Kier alpha value is -4.85. The van der Waals surface area contributed by atoms with Crippen molar-refractivity contribution in [2.24, 2.45) is 5.92 Å². The van der Waals surface area contributed by atoms with Crippen LogP contribution in [0.2, 0.25) is 0 Å². The molecule has 40 heavy (non-hydrogen) atoms. The molecular formula is C29H24F2N4O5. The van der Waals surface area contributed by atoms with Crippen molar-refractivity contribution in [1.82, 2.24) is 14.8 Å². The number of Topliss-reactive ketones (excluding diaryl/α,β-unsaturated/α-hetero) is 1. The molecule has 1 N–H and O–H groups in total. The van der Waals surface area contributed by atoms with Crippen LogP contribution in [0.1, 0.15) is 51.4 Å². The summed E-state index contributed by atoms with van der Waals surface area (Å²) in [7, 11) is 0. The number of ether oxygens (including phenoxy) is 1. The number of ketones is 1. The van der Waals surface area contributed by atoms with Gasteiger partial charge in [0.1, 0.15) is 29.8 Å². The summed E-state index contributed by atoms with van der Waals surface area (Å²) in [5.41, 5.74) is -0.800. The van der Waals surface area contributed by atoms with Crippen molar-refractivity contribution in [3.8, 4) is 11.8 Å². The predicted octanol–water partition coefficient (Wildman–Crippen LogP) is 3.13. The van der Waals surface area contributed by atoms with Gasteiger partial charge < -0.3 is 19.5 Å². The van der Waals surface area contributed by atoms with E-state index in [4.69, 9.17) is 4.74 Å². The SMILES string of the molecule is C[C@H]1[C@@H](C#N)CC(=O)C2CN1C(=O)c1c(OCc3ccccc3)c(=O)c(C(=O)NCc3ccc(F)cc3F)cn12. The molecule has 0 spiro atoms. The Morgan fingerprint density at radius 3 is 2.60 bits per heavy atom. The summed E-state index contributed by atoms with van der Waals surface area (Å²) in [6.07, 6.45) is 1.03. The zero-order chi connectivity index (χ0) is 28.6. The van der Waals surface area contributed by atoms with E-state index in [2.05, 4.69) is 11.4 Å². The van der Waals surface area contributed by atoms with Crippen LogP contribution in [0.25, 0.3) is 0 Å². The van der Waals surface area contributed by atoms with Gasteiger partial charge in [-0.05, 0) is 18.6 Å². The number of carbonyl (C=O) groups excluding carboxylic acids is 3. The van der Waals surface area contributed by atoms with Gasteiger partial charge >= 0.3 is 0 Å². The summed E-state index contributed by atoms with van der Waals surface area (Å²) in [4.78, 5) is 55.1. The van der Waals surface area contributed by atoms with Gasteiger partial charge in [-0.1, -0.05) is 36.4 Å². The summed E-state index contributed by atoms with van der Waals surface area (Å²) < 4.78 is 34.5. The number of nitrogens with one attached hydrogen (secondary N) is 1. The van der Waals surface area contributed by atoms with Gasteiger partial charge in [0, 0.05) is 43.4 Å². The number of hydrogen-bond donors (Lipinski definition) is 1. The Kier molecular flexibility index (Phi) is 7.17. The Labute approximate surface area is 227 Å². The van der Waals surface area contributed by atoms with Crippen molar-refractivity contribution in [3.63, 3.8) is 0 Å². The smallest absolute Gasteiger partial charge is 0.274 e. The third-order valence-electron chi connectivity index (χ3n) is 7.32. The summed E-state index contributed by atoms with van der Waals surface area (Å²) in [5, 5.41) is 12.1. The van der Waals surface area contributed by atoms with Crippen LogP contribution in [0.15, 0.2) is 59.5 Å². The first-order valence-electron chi connectivity index (χ1n) is 12.6. The molecule has 204 valence electrons. The van der Waals surface area contributed by atoms with E-state index in [0.717, 1.165) is 12.3 Å². The number of carbonyl (C=O) groups is 3. The van der Waals surface area contributed by atoms with Crippen LogP contribution >= 0.6 is 0 Å². The Morgan fingerprint density at radius 1 is 1.15 bits per heavy atom. The van der Waals surface area contributed by atoms with Crippen molar-refractivity contribution in [3.05, 3.63) is 99.0 Å². The fourth-order valence-corrected chi connectivity index (χ4v) is 5.02. The lowest BCUT2D eigenvalue weighted by Gasteiger charge is -2.37. The van der Waals surface area contributed by atoms with Gasteiger partial charge in [-0.15, -0.1) is 0 Å². The molecule has 11 heteroatoms. The number of rotatable bonds is 6. The van der Waals surface area contributed by atoms with Crippen LogP contribution in [-0.2, 0) is 17.9 Å². The second kappa shape index (κ2) is 10.7. The van der Waals surface area contributed by atoms with E-state index in [-0.39, 0.29) is 43.2 Å². The van der Waals surface area contributed by atoms with Crippen LogP contribution in [0.4, 0.5) is 8.78 Å². The largest absolute Gasteiger partial charge is 0.483 e. The highest BCUT2D eigenvalue weighted by Gasteiger charge is 2.45. The molecule has 3 heterocycles. The summed E-state index contributed by atoms with van der Waals surface area (Å²) in [6.45, 7) is 1.20. The predicted molar refractivity (Wildman–Crippen MR) is 137 cm³/mol. The second-order valence-corrected chi connectivity index (χ2v) is 9.77. The normalized spacial score (nSPS) is 19.9. The molecule has 2 aliphatic rings. The van der Waals surface area contributed by atoms with Gasteiger partial charge in [-0.3, -0.25) is 19.2 Å². The minimum Gasteiger partial charge on any atom is -0.483 e. The molecule has 2 aromatic carbocycles. The van der Waals surface area contributed by atoms with E-state index in [1.807, 2.05) is 0 Å². The number of amides is 2. The minimum absolute atomic E-state index is 0.00494. The molecule has 2 amide bonds. The highest BCUT2D eigenvalue weighted by atomic mass is 19.1. The van der Waals surface area contributed by atoms with Gasteiger partial charge in [0.2, 0.25) is 5.43 Å². The van der Waals surface area contributed by atoms with E-state index in [0.29, 0.717) is 11.6 Å². The molecule has 0 saturated carbocycles. The Morgan fingerprint density at radius 2 is 1.90 bits per heavy atom. The zero-order valence-corrected chi connectivity index (χ0v) is 21.4. The number of hydrogen-bond acceptors (Lipinski definition) is 6. The van der Waals surface area contributed by atoms with Crippen molar-refractivity contribution in [2.75, 3.05) is 6.54 Å². The van der Waals surface area contributed by atoms with Crippen LogP contribution in [0.3, 0.4) is 0 Å². The van der Waals surface area contributed by atoms with E-state index in [1.165, 1.54) is 15.5 Å². The van der Waals surface area contributed by atoms with E-state index in [9.17, 15) is 33.2 Å². The maximum absolute atomic E-state index is 14.1. The van der Waals surface area contributed by atoms with Gasteiger partial charge in [-0.25, -0.2) is 8.78 Å². The third kappa shape index (κ3) is 4.84. The van der Waals surface area contributed by atoms with Gasteiger partial charge in [0.05, 0.1) is 12.0 Å². The molecule has 1 aromatic heterocycles. The minimum atomic E-state index is -0.950. The molecule has 2 bridgehead atoms. The average molecular weight is 547 g/mol. The van der Waals surface area contributed by atoms with Crippen molar-refractivity contribution in [2.45, 2.75) is 38.6 Å². The zero-order valence-electron chi connectivity index (χ0n) is 21.4.